The smallest absolute Gasteiger partial charge is 0.410 e. The minimum atomic E-state index is -0.518. The number of nitrogens with one attached hydrogen (secondary N) is 1. The van der Waals surface area contributed by atoms with Gasteiger partial charge in [-0.3, -0.25) is 0 Å². The van der Waals surface area contributed by atoms with Gasteiger partial charge in [0.15, 0.2) is 11.6 Å². The zero-order chi connectivity index (χ0) is 22.5. The molecule has 1 saturated heterocycles. The number of aromatic amines is 1. The summed E-state index contributed by atoms with van der Waals surface area (Å²) in [4.78, 5) is 29.6. The lowest BCUT2D eigenvalue weighted by Gasteiger charge is -2.40. The molecule has 32 heavy (non-hydrogen) atoms. The van der Waals surface area contributed by atoms with Crippen molar-refractivity contribution in [2.45, 2.75) is 57.1 Å². The van der Waals surface area contributed by atoms with E-state index in [-0.39, 0.29) is 18.1 Å². The molecule has 1 amide bonds. The van der Waals surface area contributed by atoms with Crippen LogP contribution in [0.4, 0.5) is 13.6 Å². The molecule has 3 aromatic heterocycles. The third kappa shape index (κ3) is 3.40. The average molecular weight is 441 g/mol. The Kier molecular flexibility index (Phi) is 5.06. The normalized spacial score (nSPS) is 25.6. The molecule has 4 heterocycles. The van der Waals surface area contributed by atoms with Crippen LogP contribution in [0.3, 0.4) is 0 Å². The molecule has 0 unspecified atom stereocenters. The molecule has 1 spiro atoms. The summed E-state index contributed by atoms with van der Waals surface area (Å²) >= 11 is 0. The number of halogens is 2. The summed E-state index contributed by atoms with van der Waals surface area (Å²) in [6.45, 7) is 2.06. The minimum Gasteiger partial charge on any atom is -0.441 e. The largest absolute Gasteiger partial charge is 0.441 e. The number of pyridine rings is 1. The number of carbonyl (C=O) groups is 1. The molecular formula is C23H25F2N5O2. The van der Waals surface area contributed by atoms with E-state index < -0.39 is 17.2 Å². The molecule has 9 heteroatoms. The van der Waals surface area contributed by atoms with Crippen LogP contribution in [-0.4, -0.2) is 49.6 Å². The van der Waals surface area contributed by atoms with Gasteiger partial charge in [0, 0.05) is 24.2 Å². The molecule has 7 nitrogen and oxygen atoms in total. The Morgan fingerprint density at radius 1 is 1.31 bits per heavy atom. The minimum absolute atomic E-state index is 0.0252. The molecule has 1 aliphatic carbocycles. The molecule has 0 aromatic carbocycles. The second kappa shape index (κ2) is 7.79. The summed E-state index contributed by atoms with van der Waals surface area (Å²) in [7, 11) is 1.78. The number of nitrogens with zero attached hydrogens (tertiary/aromatic N) is 4. The second-order valence-electron chi connectivity index (χ2n) is 8.87. The van der Waals surface area contributed by atoms with Gasteiger partial charge in [0.25, 0.3) is 0 Å². The fourth-order valence-electron chi connectivity index (χ4n) is 5.50. The molecule has 1 N–H and O–H groups in total. The van der Waals surface area contributed by atoms with E-state index in [1.807, 2.05) is 0 Å². The number of carbonyl (C=O) groups excluding carboxylic acids is 1. The SMILES string of the molecule is CC[C@H]1N(C)C(=O)O[C@@]12CCC[C@H](Cc1nc(-c3c[nH]c4ncc(F)cc34)ncc1F)C2. The predicted molar refractivity (Wildman–Crippen MR) is 114 cm³/mol. The first kappa shape index (κ1) is 20.8. The summed E-state index contributed by atoms with van der Waals surface area (Å²) < 4.78 is 34.2. The number of hydrogen-bond donors (Lipinski definition) is 1. The highest BCUT2D eigenvalue weighted by Gasteiger charge is 2.53. The maximum Gasteiger partial charge on any atom is 0.410 e. The molecular weight excluding hydrogens is 416 g/mol. The predicted octanol–water partition coefficient (Wildman–Crippen LogP) is 4.63. The van der Waals surface area contributed by atoms with Crippen LogP contribution in [-0.2, 0) is 11.2 Å². The van der Waals surface area contributed by atoms with Crippen LogP contribution in [0.25, 0.3) is 22.4 Å². The number of likely N-dealkylation sites (N-methyl/N-ethyl adjacent to an activating group) is 1. The van der Waals surface area contributed by atoms with E-state index >= 15 is 0 Å². The van der Waals surface area contributed by atoms with E-state index in [4.69, 9.17) is 4.74 Å². The van der Waals surface area contributed by atoms with Gasteiger partial charge in [-0.1, -0.05) is 6.92 Å². The molecule has 2 fully saturated rings. The van der Waals surface area contributed by atoms with Gasteiger partial charge in [-0.15, -0.1) is 0 Å². The monoisotopic (exact) mass is 441 g/mol. The Bertz CT molecular complexity index is 1180. The highest BCUT2D eigenvalue weighted by molar-refractivity contribution is 5.91. The highest BCUT2D eigenvalue weighted by Crippen LogP contribution is 2.45. The van der Waals surface area contributed by atoms with Crippen LogP contribution in [0.15, 0.2) is 24.7 Å². The Hall–Kier alpha value is -3.10. The number of amides is 1. The number of H-pyrrole nitrogens is 1. The van der Waals surface area contributed by atoms with E-state index in [0.717, 1.165) is 31.9 Å². The number of rotatable bonds is 4. The molecule has 5 rings (SSSR count). The number of hydrogen-bond acceptors (Lipinski definition) is 5. The number of aromatic nitrogens is 4. The molecule has 168 valence electrons. The summed E-state index contributed by atoms with van der Waals surface area (Å²) in [6.07, 6.45) is 8.25. The summed E-state index contributed by atoms with van der Waals surface area (Å²) in [5, 5.41) is 0.547. The quantitative estimate of drug-likeness (QED) is 0.638. The highest BCUT2D eigenvalue weighted by atomic mass is 19.1. The first-order valence-corrected chi connectivity index (χ1v) is 11.0. The molecule has 0 radical (unpaired) electrons. The van der Waals surface area contributed by atoms with Gasteiger partial charge in [0.05, 0.1) is 24.1 Å². The zero-order valence-corrected chi connectivity index (χ0v) is 18.1. The van der Waals surface area contributed by atoms with Crippen molar-refractivity contribution in [2.75, 3.05) is 7.05 Å². The zero-order valence-electron chi connectivity index (χ0n) is 18.1. The molecule has 3 aromatic rings. The molecule has 3 atom stereocenters. The molecule has 2 aliphatic rings. The first-order valence-electron chi connectivity index (χ1n) is 11.0. The summed E-state index contributed by atoms with van der Waals surface area (Å²) in [5.74, 6) is -0.472. The molecule has 1 saturated carbocycles. The van der Waals surface area contributed by atoms with Gasteiger partial charge in [-0.2, -0.15) is 0 Å². The van der Waals surface area contributed by atoms with E-state index in [1.165, 1.54) is 12.3 Å². The second-order valence-corrected chi connectivity index (χ2v) is 8.87. The van der Waals surface area contributed by atoms with Crippen molar-refractivity contribution < 1.29 is 18.3 Å². The van der Waals surface area contributed by atoms with Crippen molar-refractivity contribution in [3.05, 3.63) is 42.0 Å². The van der Waals surface area contributed by atoms with Crippen LogP contribution in [0.5, 0.6) is 0 Å². The lowest BCUT2D eigenvalue weighted by atomic mass is 9.72. The van der Waals surface area contributed by atoms with Crippen LogP contribution < -0.4 is 0 Å². The third-order valence-electron chi connectivity index (χ3n) is 6.92. The van der Waals surface area contributed by atoms with E-state index in [9.17, 15) is 13.6 Å². The van der Waals surface area contributed by atoms with E-state index in [2.05, 4.69) is 26.9 Å². The Balaban J connectivity index is 1.42. The standard InChI is InChI=1S/C23H25F2N5O2/c1-3-19-23(32-22(31)30(19)2)6-4-5-13(9-23)7-18-17(25)12-28-21(29-18)16-11-27-20-15(16)8-14(24)10-26-20/h8,10-13,19H,3-7,9H2,1-2H3,(H,26,27)/t13-,19-,23-/m1/s1. The Labute approximate surface area is 184 Å². The van der Waals surface area contributed by atoms with Crippen molar-refractivity contribution in [3.8, 4) is 11.4 Å². The maximum atomic E-state index is 14.7. The van der Waals surface area contributed by atoms with E-state index in [0.29, 0.717) is 41.0 Å². The van der Waals surface area contributed by atoms with Crippen LogP contribution in [0, 0.1) is 17.6 Å². The van der Waals surface area contributed by atoms with Crippen molar-refractivity contribution in [3.63, 3.8) is 0 Å². The van der Waals surface area contributed by atoms with E-state index in [1.54, 1.807) is 18.1 Å². The van der Waals surface area contributed by atoms with Crippen LogP contribution in [0.1, 0.15) is 44.7 Å². The van der Waals surface area contributed by atoms with Crippen LogP contribution >= 0.6 is 0 Å². The topological polar surface area (TPSA) is 84.0 Å². The lowest BCUT2D eigenvalue weighted by molar-refractivity contribution is -0.0172. The van der Waals surface area contributed by atoms with Crippen molar-refractivity contribution in [2.24, 2.45) is 5.92 Å². The van der Waals surface area contributed by atoms with Gasteiger partial charge in [-0.05, 0) is 50.5 Å². The first-order chi connectivity index (χ1) is 15.4. The Morgan fingerprint density at radius 2 is 2.16 bits per heavy atom. The van der Waals surface area contributed by atoms with Gasteiger partial charge in [-0.25, -0.2) is 28.5 Å². The van der Waals surface area contributed by atoms with Crippen molar-refractivity contribution >= 4 is 17.1 Å². The summed E-state index contributed by atoms with van der Waals surface area (Å²) in [5.41, 5.74) is 0.894. The number of ether oxygens (including phenoxy) is 1. The molecule has 1 aliphatic heterocycles. The third-order valence-corrected chi connectivity index (χ3v) is 6.92. The molecule has 0 bridgehead atoms. The fraction of sp³-hybridized carbons (Fsp3) is 0.478. The number of fused-ring (bicyclic) bond motifs is 1. The maximum absolute atomic E-state index is 14.7. The average Bonchev–Trinajstić information content (AvgIpc) is 3.28. The Morgan fingerprint density at radius 3 is 2.97 bits per heavy atom. The summed E-state index contributed by atoms with van der Waals surface area (Å²) in [6, 6.07) is 1.39. The van der Waals surface area contributed by atoms with Gasteiger partial charge < -0.3 is 14.6 Å². The fourth-order valence-corrected chi connectivity index (χ4v) is 5.50. The van der Waals surface area contributed by atoms with Crippen molar-refractivity contribution in [1.82, 2.24) is 24.8 Å². The van der Waals surface area contributed by atoms with Gasteiger partial charge in [0.1, 0.15) is 17.1 Å². The van der Waals surface area contributed by atoms with Gasteiger partial charge in [0.2, 0.25) is 0 Å². The van der Waals surface area contributed by atoms with Gasteiger partial charge >= 0.3 is 6.09 Å². The lowest BCUT2D eigenvalue weighted by Crippen LogP contribution is -2.47. The van der Waals surface area contributed by atoms with Crippen molar-refractivity contribution in [1.29, 1.82) is 0 Å². The van der Waals surface area contributed by atoms with Crippen LogP contribution in [0.2, 0.25) is 0 Å².